The molecule has 8 nitrogen and oxygen atoms in total. The second-order valence-electron chi connectivity index (χ2n) is 6.19. The van der Waals surface area contributed by atoms with Crippen molar-refractivity contribution in [2.45, 2.75) is 25.8 Å². The van der Waals surface area contributed by atoms with Crippen LogP contribution in [0.25, 0.3) is 0 Å². The number of aliphatic carboxylic acids is 1. The number of aromatic nitrogens is 2. The molecule has 3 rings (SSSR count). The summed E-state index contributed by atoms with van der Waals surface area (Å²) in [6, 6.07) is 0. The number of nitrogens with one attached hydrogen (secondary N) is 1. The summed E-state index contributed by atoms with van der Waals surface area (Å²) in [5.41, 5.74) is -2.07. The summed E-state index contributed by atoms with van der Waals surface area (Å²) >= 11 is 3.01. The zero-order valence-corrected chi connectivity index (χ0v) is 13.8. The third-order valence-corrected chi connectivity index (χ3v) is 5.49. The lowest BCUT2D eigenvalue weighted by Crippen LogP contribution is -2.40. The number of amides is 1. The molecule has 1 aromatic rings. The van der Waals surface area contributed by atoms with Crippen LogP contribution in [0.3, 0.4) is 0 Å². The number of carbonyl (C=O) groups excluding carboxylic acids is 1. The predicted octanol–water partition coefficient (Wildman–Crippen LogP) is 0.0124. The third kappa shape index (κ3) is 2.62. The first kappa shape index (κ1) is 16.0. The molecule has 1 aliphatic heterocycles. The number of carboxylic acids is 1. The van der Waals surface area contributed by atoms with Crippen molar-refractivity contribution < 1.29 is 14.7 Å². The van der Waals surface area contributed by atoms with Gasteiger partial charge in [0.1, 0.15) is 6.54 Å². The number of carbonyl (C=O) groups is 2. The normalized spacial score (nSPS) is 26.3. The molecular weight excluding hydrogens is 370 g/mol. The topological polar surface area (TPSA) is 112 Å². The van der Waals surface area contributed by atoms with Crippen molar-refractivity contribution in [2.75, 3.05) is 13.1 Å². The number of likely N-dealkylation sites (tertiary alicyclic amines) is 1. The van der Waals surface area contributed by atoms with Crippen LogP contribution in [0, 0.1) is 11.3 Å². The van der Waals surface area contributed by atoms with E-state index < -0.39 is 22.6 Å². The summed E-state index contributed by atoms with van der Waals surface area (Å²) in [5.74, 6) is -1.19. The largest absolute Gasteiger partial charge is 0.481 e. The lowest BCUT2D eigenvalue weighted by atomic mass is 9.81. The van der Waals surface area contributed by atoms with Crippen LogP contribution < -0.4 is 11.2 Å². The Labute approximate surface area is 139 Å². The molecule has 0 aromatic carbocycles. The average Bonchev–Trinajstić information content (AvgIpc) is 3.02. The first-order valence-electron chi connectivity index (χ1n) is 7.34. The van der Waals surface area contributed by atoms with Crippen molar-refractivity contribution in [3.8, 4) is 0 Å². The average molecular weight is 386 g/mol. The molecule has 23 heavy (non-hydrogen) atoms. The van der Waals surface area contributed by atoms with Crippen LogP contribution in [0.5, 0.6) is 0 Å². The van der Waals surface area contributed by atoms with Crippen LogP contribution in [-0.2, 0) is 16.1 Å². The summed E-state index contributed by atoms with van der Waals surface area (Å²) in [5, 5.41) is 9.54. The Morgan fingerprint density at radius 2 is 2.17 bits per heavy atom. The molecule has 0 radical (unpaired) electrons. The minimum absolute atomic E-state index is 0.0250. The summed E-state index contributed by atoms with van der Waals surface area (Å²) in [4.78, 5) is 50.7. The number of carboxylic acid groups (broad SMARTS) is 1. The van der Waals surface area contributed by atoms with Crippen molar-refractivity contribution >= 4 is 27.8 Å². The van der Waals surface area contributed by atoms with Gasteiger partial charge in [0.15, 0.2) is 0 Å². The van der Waals surface area contributed by atoms with E-state index in [9.17, 15) is 24.3 Å². The summed E-state index contributed by atoms with van der Waals surface area (Å²) in [6.07, 6.45) is 3.52. The van der Waals surface area contributed by atoms with Crippen LogP contribution in [-0.4, -0.2) is 44.5 Å². The number of halogens is 1. The smallest absolute Gasteiger partial charge is 0.328 e. The molecule has 1 amide bonds. The molecule has 0 bridgehead atoms. The van der Waals surface area contributed by atoms with Gasteiger partial charge in [0.25, 0.3) is 5.56 Å². The Morgan fingerprint density at radius 3 is 2.83 bits per heavy atom. The van der Waals surface area contributed by atoms with E-state index in [0.29, 0.717) is 13.0 Å². The SMILES string of the molecule is O=C(Cn1cc(Br)c(=O)[nH]c1=O)N1C[C@@H]2CCC[C@@]2(C(=O)O)C1. The zero-order chi connectivity index (χ0) is 16.8. The van der Waals surface area contributed by atoms with Gasteiger partial charge in [-0.15, -0.1) is 0 Å². The standard InChI is InChI=1S/C14H16BrN3O5/c15-9-5-17(13(23)16-11(9)20)6-10(19)18-4-8-2-1-3-14(8,7-18)12(21)22/h5,8H,1-4,6-7H2,(H,21,22)(H,16,20,23)/t8-,14+/m0/s1. The molecule has 2 aliphatic rings. The second-order valence-corrected chi connectivity index (χ2v) is 7.04. The molecule has 0 spiro atoms. The second kappa shape index (κ2) is 5.63. The Balaban J connectivity index is 1.78. The van der Waals surface area contributed by atoms with Crippen LogP contribution in [0.4, 0.5) is 0 Å². The van der Waals surface area contributed by atoms with Crippen LogP contribution in [0.2, 0.25) is 0 Å². The van der Waals surface area contributed by atoms with Crippen molar-refractivity contribution in [3.63, 3.8) is 0 Å². The number of hydrogen-bond donors (Lipinski definition) is 2. The van der Waals surface area contributed by atoms with E-state index >= 15 is 0 Å². The minimum atomic E-state index is -0.848. The molecule has 2 fully saturated rings. The lowest BCUT2D eigenvalue weighted by molar-refractivity contribution is -0.149. The highest BCUT2D eigenvalue weighted by atomic mass is 79.9. The summed E-state index contributed by atoms with van der Waals surface area (Å²) in [6.45, 7) is 0.367. The molecule has 2 N–H and O–H groups in total. The van der Waals surface area contributed by atoms with Gasteiger partial charge in [-0.1, -0.05) is 6.42 Å². The highest BCUT2D eigenvalue weighted by molar-refractivity contribution is 9.10. The number of fused-ring (bicyclic) bond motifs is 1. The van der Waals surface area contributed by atoms with E-state index in [-0.39, 0.29) is 29.4 Å². The van der Waals surface area contributed by atoms with E-state index in [1.165, 1.54) is 11.1 Å². The Hall–Kier alpha value is -1.90. The molecule has 9 heteroatoms. The first-order valence-corrected chi connectivity index (χ1v) is 8.13. The van der Waals surface area contributed by atoms with Crippen LogP contribution >= 0.6 is 15.9 Å². The molecule has 2 heterocycles. The third-order valence-electron chi connectivity index (χ3n) is 4.92. The molecule has 1 aromatic heterocycles. The number of aromatic amines is 1. The molecule has 1 saturated heterocycles. The molecular formula is C14H16BrN3O5. The number of H-pyrrole nitrogens is 1. The zero-order valence-electron chi connectivity index (χ0n) is 12.2. The molecule has 2 atom stereocenters. The van der Waals surface area contributed by atoms with Gasteiger partial charge in [0.05, 0.1) is 9.89 Å². The van der Waals surface area contributed by atoms with Gasteiger partial charge in [-0.3, -0.25) is 23.9 Å². The maximum Gasteiger partial charge on any atom is 0.328 e. The van der Waals surface area contributed by atoms with Crippen molar-refractivity contribution in [3.05, 3.63) is 31.5 Å². The van der Waals surface area contributed by atoms with Gasteiger partial charge in [0, 0.05) is 19.3 Å². The fourth-order valence-corrected chi connectivity index (χ4v) is 4.02. The van der Waals surface area contributed by atoms with E-state index in [1.807, 2.05) is 0 Å². The van der Waals surface area contributed by atoms with Crippen LogP contribution in [0.1, 0.15) is 19.3 Å². The predicted molar refractivity (Wildman–Crippen MR) is 83.0 cm³/mol. The van der Waals surface area contributed by atoms with Gasteiger partial charge in [0.2, 0.25) is 5.91 Å². The van der Waals surface area contributed by atoms with Gasteiger partial charge in [-0.25, -0.2) is 4.79 Å². The lowest BCUT2D eigenvalue weighted by Gasteiger charge is -2.23. The molecule has 1 aliphatic carbocycles. The van der Waals surface area contributed by atoms with E-state index in [4.69, 9.17) is 0 Å². The van der Waals surface area contributed by atoms with Crippen molar-refractivity contribution in [2.24, 2.45) is 11.3 Å². The molecule has 124 valence electrons. The Kier molecular flexibility index (Phi) is 3.91. The minimum Gasteiger partial charge on any atom is -0.481 e. The highest BCUT2D eigenvalue weighted by Crippen LogP contribution is 2.48. The molecule has 0 unspecified atom stereocenters. The highest BCUT2D eigenvalue weighted by Gasteiger charge is 2.55. The van der Waals surface area contributed by atoms with E-state index in [1.54, 1.807) is 0 Å². The monoisotopic (exact) mass is 385 g/mol. The fourth-order valence-electron chi connectivity index (χ4n) is 3.67. The van der Waals surface area contributed by atoms with Gasteiger partial charge in [-0.2, -0.15) is 0 Å². The van der Waals surface area contributed by atoms with Gasteiger partial charge in [-0.05, 0) is 34.7 Å². The molecule has 1 saturated carbocycles. The number of rotatable bonds is 3. The van der Waals surface area contributed by atoms with Gasteiger partial charge >= 0.3 is 11.7 Å². The number of nitrogens with zero attached hydrogens (tertiary/aromatic N) is 2. The Bertz CT molecular complexity index is 785. The fraction of sp³-hybridized carbons (Fsp3) is 0.571. The van der Waals surface area contributed by atoms with Crippen LogP contribution in [0.15, 0.2) is 20.3 Å². The number of hydrogen-bond acceptors (Lipinski definition) is 4. The summed E-state index contributed by atoms with van der Waals surface area (Å²) in [7, 11) is 0. The Morgan fingerprint density at radius 1 is 1.43 bits per heavy atom. The maximum atomic E-state index is 12.4. The van der Waals surface area contributed by atoms with Gasteiger partial charge < -0.3 is 10.0 Å². The maximum absolute atomic E-state index is 12.4. The van der Waals surface area contributed by atoms with E-state index in [0.717, 1.165) is 17.4 Å². The summed E-state index contributed by atoms with van der Waals surface area (Å²) < 4.78 is 1.26. The van der Waals surface area contributed by atoms with Crippen molar-refractivity contribution in [1.82, 2.24) is 14.5 Å². The van der Waals surface area contributed by atoms with Crippen molar-refractivity contribution in [1.29, 1.82) is 0 Å². The quantitative estimate of drug-likeness (QED) is 0.760. The van der Waals surface area contributed by atoms with E-state index in [2.05, 4.69) is 20.9 Å². The first-order chi connectivity index (χ1) is 10.8.